The predicted molar refractivity (Wildman–Crippen MR) is 71.5 cm³/mol. The van der Waals surface area contributed by atoms with Gasteiger partial charge in [0.2, 0.25) is 0 Å². The van der Waals surface area contributed by atoms with Crippen LogP contribution in [0.15, 0.2) is 30.3 Å². The van der Waals surface area contributed by atoms with Gasteiger partial charge in [-0.1, -0.05) is 6.07 Å². The molecule has 0 saturated heterocycles. The maximum atomic E-state index is 10.7. The second kappa shape index (κ2) is 5.23. The molecule has 3 nitrogen and oxygen atoms in total. The Bertz CT molecular complexity index is 552. The summed E-state index contributed by atoms with van der Waals surface area (Å²) < 4.78 is 5.66. The summed E-state index contributed by atoms with van der Waals surface area (Å²) in [5, 5.41) is 8.83. The second-order valence-electron chi connectivity index (χ2n) is 4.18. The van der Waals surface area contributed by atoms with Crippen LogP contribution < -0.4 is 4.74 Å². The van der Waals surface area contributed by atoms with Crippen molar-refractivity contribution in [2.75, 3.05) is 0 Å². The van der Waals surface area contributed by atoms with E-state index in [1.165, 1.54) is 11.3 Å². The Morgan fingerprint density at radius 2 is 1.89 bits per heavy atom. The van der Waals surface area contributed by atoms with Crippen molar-refractivity contribution in [1.82, 2.24) is 0 Å². The van der Waals surface area contributed by atoms with E-state index < -0.39 is 5.97 Å². The van der Waals surface area contributed by atoms with Gasteiger partial charge in [0, 0.05) is 4.88 Å². The van der Waals surface area contributed by atoms with Crippen LogP contribution in [0.25, 0.3) is 0 Å². The molecule has 0 unspecified atom stereocenters. The first-order valence-corrected chi connectivity index (χ1v) is 6.39. The summed E-state index contributed by atoms with van der Waals surface area (Å²) in [7, 11) is 0. The van der Waals surface area contributed by atoms with Crippen molar-refractivity contribution in [3.05, 3.63) is 51.2 Å². The molecule has 0 aliphatic rings. The number of benzene rings is 1. The highest BCUT2D eigenvalue weighted by molar-refractivity contribution is 7.13. The number of thiophene rings is 1. The lowest BCUT2D eigenvalue weighted by Crippen LogP contribution is -1.94. The Morgan fingerprint density at radius 1 is 1.22 bits per heavy atom. The van der Waals surface area contributed by atoms with Crippen molar-refractivity contribution in [1.29, 1.82) is 0 Å². The van der Waals surface area contributed by atoms with Crippen LogP contribution >= 0.6 is 11.3 Å². The van der Waals surface area contributed by atoms with Gasteiger partial charge in [0.25, 0.3) is 0 Å². The van der Waals surface area contributed by atoms with Gasteiger partial charge in [0.15, 0.2) is 0 Å². The highest BCUT2D eigenvalue weighted by atomic mass is 32.1. The molecule has 0 radical (unpaired) electrons. The van der Waals surface area contributed by atoms with E-state index in [1.807, 2.05) is 26.0 Å². The molecule has 94 valence electrons. The molecule has 0 saturated carbocycles. The van der Waals surface area contributed by atoms with E-state index in [2.05, 4.69) is 6.07 Å². The van der Waals surface area contributed by atoms with Crippen LogP contribution in [-0.4, -0.2) is 11.1 Å². The number of carboxylic acids is 1. The Kier molecular flexibility index (Phi) is 3.67. The normalized spacial score (nSPS) is 10.3. The van der Waals surface area contributed by atoms with Gasteiger partial charge >= 0.3 is 5.97 Å². The standard InChI is InChI=1S/C14H14O3S/c1-9-5-10(2)7-11(6-9)17-8-12-3-4-13(18-12)14(15)16/h3-7H,8H2,1-2H3,(H,15,16). The van der Waals surface area contributed by atoms with Gasteiger partial charge < -0.3 is 9.84 Å². The topological polar surface area (TPSA) is 46.5 Å². The van der Waals surface area contributed by atoms with Crippen molar-refractivity contribution in [2.45, 2.75) is 20.5 Å². The van der Waals surface area contributed by atoms with Gasteiger partial charge in [-0.05, 0) is 49.2 Å². The molecule has 0 spiro atoms. The fourth-order valence-corrected chi connectivity index (χ4v) is 2.50. The van der Waals surface area contributed by atoms with E-state index in [4.69, 9.17) is 9.84 Å². The van der Waals surface area contributed by atoms with Crippen molar-refractivity contribution < 1.29 is 14.6 Å². The van der Waals surface area contributed by atoms with Gasteiger partial charge in [-0.3, -0.25) is 0 Å². The number of carbonyl (C=O) groups is 1. The Balaban J connectivity index is 2.04. The monoisotopic (exact) mass is 262 g/mol. The molecule has 18 heavy (non-hydrogen) atoms. The lowest BCUT2D eigenvalue weighted by molar-refractivity contribution is 0.0702. The smallest absolute Gasteiger partial charge is 0.345 e. The molecule has 2 rings (SSSR count). The van der Waals surface area contributed by atoms with Crippen LogP contribution in [0.3, 0.4) is 0 Å². The van der Waals surface area contributed by atoms with Gasteiger partial charge in [0.1, 0.15) is 17.2 Å². The number of rotatable bonds is 4. The first kappa shape index (κ1) is 12.6. The molecule has 1 aromatic heterocycles. The largest absolute Gasteiger partial charge is 0.488 e. The van der Waals surface area contributed by atoms with Crippen LogP contribution in [0, 0.1) is 13.8 Å². The molecule has 0 amide bonds. The summed E-state index contributed by atoms with van der Waals surface area (Å²) in [4.78, 5) is 12.0. The van der Waals surface area contributed by atoms with E-state index in [1.54, 1.807) is 12.1 Å². The van der Waals surface area contributed by atoms with Crippen molar-refractivity contribution in [3.8, 4) is 5.75 Å². The average Bonchev–Trinajstić information content (AvgIpc) is 2.73. The zero-order valence-corrected chi connectivity index (χ0v) is 11.1. The summed E-state index contributed by atoms with van der Waals surface area (Å²) in [5.41, 5.74) is 2.31. The Morgan fingerprint density at radius 3 is 2.44 bits per heavy atom. The van der Waals surface area contributed by atoms with Crippen molar-refractivity contribution in [2.24, 2.45) is 0 Å². The number of aryl methyl sites for hydroxylation is 2. The predicted octanol–water partition coefficient (Wildman–Crippen LogP) is 3.64. The summed E-state index contributed by atoms with van der Waals surface area (Å²) in [6.07, 6.45) is 0. The van der Waals surface area contributed by atoms with Gasteiger partial charge in [0.05, 0.1) is 0 Å². The van der Waals surface area contributed by atoms with E-state index in [0.717, 1.165) is 21.8 Å². The minimum atomic E-state index is -0.891. The minimum absolute atomic E-state index is 0.342. The lowest BCUT2D eigenvalue weighted by Gasteiger charge is -2.06. The number of aromatic carboxylic acids is 1. The lowest BCUT2D eigenvalue weighted by atomic mass is 10.1. The van der Waals surface area contributed by atoms with Crippen molar-refractivity contribution in [3.63, 3.8) is 0 Å². The zero-order valence-electron chi connectivity index (χ0n) is 10.3. The maximum Gasteiger partial charge on any atom is 0.345 e. The third kappa shape index (κ3) is 3.11. The molecule has 4 heteroatoms. The summed E-state index contributed by atoms with van der Waals surface area (Å²) in [6, 6.07) is 9.42. The maximum absolute atomic E-state index is 10.7. The van der Waals surface area contributed by atoms with E-state index in [-0.39, 0.29) is 0 Å². The van der Waals surface area contributed by atoms with Crippen LogP contribution in [0.4, 0.5) is 0 Å². The molecular formula is C14H14O3S. The SMILES string of the molecule is Cc1cc(C)cc(OCc2ccc(C(=O)O)s2)c1. The highest BCUT2D eigenvalue weighted by Gasteiger charge is 2.07. The van der Waals surface area contributed by atoms with Crippen LogP contribution in [0.2, 0.25) is 0 Å². The third-order valence-electron chi connectivity index (χ3n) is 2.45. The number of hydrogen-bond acceptors (Lipinski definition) is 3. The molecule has 2 aromatic rings. The molecule has 0 bridgehead atoms. The van der Waals surface area contributed by atoms with E-state index >= 15 is 0 Å². The minimum Gasteiger partial charge on any atom is -0.488 e. The van der Waals surface area contributed by atoms with E-state index in [0.29, 0.717) is 11.5 Å². The molecule has 1 heterocycles. The zero-order chi connectivity index (χ0) is 13.1. The molecule has 1 aromatic carbocycles. The third-order valence-corrected chi connectivity index (χ3v) is 3.50. The summed E-state index contributed by atoms with van der Waals surface area (Å²) in [5.74, 6) is -0.0737. The molecule has 1 N–H and O–H groups in total. The van der Waals surface area contributed by atoms with Gasteiger partial charge in [-0.25, -0.2) is 4.79 Å². The summed E-state index contributed by atoms with van der Waals surface area (Å²) in [6.45, 7) is 4.45. The van der Waals surface area contributed by atoms with E-state index in [9.17, 15) is 4.79 Å². The van der Waals surface area contributed by atoms with Crippen LogP contribution in [0.1, 0.15) is 25.7 Å². The molecule has 0 aliphatic carbocycles. The van der Waals surface area contributed by atoms with Crippen LogP contribution in [-0.2, 0) is 6.61 Å². The highest BCUT2D eigenvalue weighted by Crippen LogP contribution is 2.21. The molecule has 0 atom stereocenters. The van der Waals surface area contributed by atoms with Crippen molar-refractivity contribution >= 4 is 17.3 Å². The molecular weight excluding hydrogens is 248 g/mol. The van der Waals surface area contributed by atoms with Gasteiger partial charge in [-0.2, -0.15) is 0 Å². The Hall–Kier alpha value is -1.81. The second-order valence-corrected chi connectivity index (χ2v) is 5.35. The summed E-state index contributed by atoms with van der Waals surface area (Å²) >= 11 is 1.24. The van der Waals surface area contributed by atoms with Gasteiger partial charge in [-0.15, -0.1) is 11.3 Å². The fraction of sp³-hybridized carbons (Fsp3) is 0.214. The van der Waals surface area contributed by atoms with Crippen LogP contribution in [0.5, 0.6) is 5.75 Å². The fourth-order valence-electron chi connectivity index (χ4n) is 1.74. The number of ether oxygens (including phenoxy) is 1. The first-order chi connectivity index (χ1) is 8.54. The average molecular weight is 262 g/mol. The molecule has 0 fully saturated rings. The number of hydrogen-bond donors (Lipinski definition) is 1. The first-order valence-electron chi connectivity index (χ1n) is 5.58. The Labute approximate surface area is 110 Å². The quantitative estimate of drug-likeness (QED) is 0.915. The number of carboxylic acid groups (broad SMARTS) is 1. The molecule has 0 aliphatic heterocycles.